The second-order valence-electron chi connectivity index (χ2n) is 7.20. The van der Waals surface area contributed by atoms with Crippen LogP contribution in [0.25, 0.3) is 0 Å². The number of halogens is 3. The predicted octanol–water partition coefficient (Wildman–Crippen LogP) is 1.67. The lowest BCUT2D eigenvalue weighted by atomic mass is 10.3. The zero-order chi connectivity index (χ0) is 21.3. The molecule has 0 atom stereocenters. The molecule has 1 aliphatic carbocycles. The number of alkyl halides is 3. The van der Waals surface area contributed by atoms with Gasteiger partial charge >= 0.3 is 12.2 Å². The monoisotopic (exact) mass is 425 g/mol. The van der Waals surface area contributed by atoms with E-state index in [4.69, 9.17) is 8.83 Å². The van der Waals surface area contributed by atoms with Crippen molar-refractivity contribution in [1.82, 2.24) is 20.1 Å². The van der Waals surface area contributed by atoms with Crippen LogP contribution in [0.1, 0.15) is 36.2 Å². The highest BCUT2D eigenvalue weighted by atomic mass is 19.4. The third-order valence-corrected chi connectivity index (χ3v) is 4.75. The molecule has 2 aliphatic rings. The summed E-state index contributed by atoms with van der Waals surface area (Å²) in [4.78, 5) is 20.2. The second kappa shape index (κ2) is 7.94. The molecule has 0 bridgehead atoms. The summed E-state index contributed by atoms with van der Waals surface area (Å²) in [7, 11) is 0. The zero-order valence-corrected chi connectivity index (χ0v) is 15.8. The Morgan fingerprint density at radius 1 is 1.20 bits per heavy atom. The minimum absolute atomic E-state index is 0.0136. The van der Waals surface area contributed by atoms with Crippen LogP contribution in [0, 0.1) is 11.3 Å². The number of nitriles is 1. The number of carbonyl (C=O) groups is 1. The maximum atomic E-state index is 12.3. The summed E-state index contributed by atoms with van der Waals surface area (Å²) in [6.45, 7) is 2.15. The van der Waals surface area contributed by atoms with Crippen LogP contribution in [0.2, 0.25) is 0 Å². The number of nitrogens with one attached hydrogen (secondary N) is 1. The summed E-state index contributed by atoms with van der Waals surface area (Å²) >= 11 is 0. The largest absolute Gasteiger partial charge is 0.423 e. The molecule has 13 heteroatoms. The van der Waals surface area contributed by atoms with Gasteiger partial charge in [0.15, 0.2) is 0 Å². The van der Waals surface area contributed by atoms with E-state index < -0.39 is 24.4 Å². The number of nitrogens with zero attached hydrogens (tertiary/aromatic N) is 6. The Kier molecular flexibility index (Phi) is 5.33. The maximum Gasteiger partial charge on any atom is 0.397 e. The number of amides is 1. The number of hydrogen-bond acceptors (Lipinski definition) is 9. The van der Waals surface area contributed by atoms with Gasteiger partial charge in [-0.1, -0.05) is 5.10 Å². The molecule has 0 aromatic carbocycles. The van der Waals surface area contributed by atoms with Crippen LogP contribution in [0.3, 0.4) is 0 Å². The third kappa shape index (κ3) is 4.88. The van der Waals surface area contributed by atoms with Gasteiger partial charge in [-0.3, -0.25) is 15.0 Å². The van der Waals surface area contributed by atoms with E-state index in [1.165, 1.54) is 0 Å². The fourth-order valence-electron chi connectivity index (χ4n) is 3.14. The highest BCUT2D eigenvalue weighted by Gasteiger charge is 2.33. The van der Waals surface area contributed by atoms with Gasteiger partial charge < -0.3 is 13.7 Å². The van der Waals surface area contributed by atoms with E-state index >= 15 is 0 Å². The van der Waals surface area contributed by atoms with Crippen molar-refractivity contribution in [2.45, 2.75) is 31.4 Å². The summed E-state index contributed by atoms with van der Waals surface area (Å²) in [5, 5.41) is 18.3. The fraction of sp³-hybridized carbons (Fsp3) is 0.588. The Morgan fingerprint density at radius 3 is 2.57 bits per heavy atom. The Balaban J connectivity index is 1.27. The third-order valence-electron chi connectivity index (χ3n) is 4.75. The van der Waals surface area contributed by atoms with E-state index in [-0.39, 0.29) is 18.3 Å². The second-order valence-corrected chi connectivity index (χ2v) is 7.20. The molecule has 160 valence electrons. The lowest BCUT2D eigenvalue weighted by Gasteiger charge is -2.33. The predicted molar refractivity (Wildman–Crippen MR) is 94.5 cm³/mol. The number of carbonyl (C=O) groups excluding carboxylic acids is 1. The SMILES string of the molecule is N#Cc1nc(C2CC2)oc1N1CCN(CC(=O)Nc2nnc(CC(F)(F)F)o2)CC1. The molecule has 30 heavy (non-hydrogen) atoms. The van der Waals surface area contributed by atoms with Crippen LogP contribution in [-0.4, -0.2) is 64.9 Å². The van der Waals surface area contributed by atoms with Crippen molar-refractivity contribution < 1.29 is 26.8 Å². The minimum atomic E-state index is -4.47. The van der Waals surface area contributed by atoms with Crippen LogP contribution in [-0.2, 0) is 11.2 Å². The standard InChI is InChI=1S/C17H18F3N7O3/c18-17(19,20)7-13-24-25-16(29-13)23-12(28)9-26-3-5-27(6-4-26)15-11(8-21)22-14(30-15)10-1-2-10/h10H,1-7,9H2,(H,23,25,28). The molecule has 3 heterocycles. The molecule has 1 amide bonds. The van der Waals surface area contributed by atoms with Gasteiger partial charge in [-0.2, -0.15) is 18.4 Å². The number of aromatic nitrogens is 3. The van der Waals surface area contributed by atoms with Crippen molar-refractivity contribution in [2.75, 3.05) is 42.9 Å². The molecule has 0 spiro atoms. The Morgan fingerprint density at radius 2 is 1.93 bits per heavy atom. The van der Waals surface area contributed by atoms with Gasteiger partial charge in [-0.15, -0.1) is 5.10 Å². The van der Waals surface area contributed by atoms with Gasteiger partial charge in [0.05, 0.1) is 6.54 Å². The van der Waals surface area contributed by atoms with Crippen LogP contribution in [0.5, 0.6) is 0 Å². The number of anilines is 2. The lowest BCUT2D eigenvalue weighted by molar-refractivity contribution is -0.130. The average molecular weight is 425 g/mol. The molecule has 0 unspecified atom stereocenters. The number of piperazine rings is 1. The zero-order valence-electron chi connectivity index (χ0n) is 15.8. The van der Waals surface area contributed by atoms with Crippen LogP contribution in [0.4, 0.5) is 25.1 Å². The summed E-state index contributed by atoms with van der Waals surface area (Å²) in [5.41, 5.74) is 0.272. The molecule has 2 aromatic heterocycles. The van der Waals surface area contributed by atoms with E-state index in [0.29, 0.717) is 43.9 Å². The van der Waals surface area contributed by atoms with Gasteiger partial charge in [0.2, 0.25) is 29.3 Å². The first-order valence-corrected chi connectivity index (χ1v) is 9.38. The smallest absolute Gasteiger partial charge is 0.397 e. The first-order chi connectivity index (χ1) is 14.3. The Bertz CT molecular complexity index is 953. The summed E-state index contributed by atoms with van der Waals surface area (Å²) in [6.07, 6.45) is -3.79. The first-order valence-electron chi connectivity index (χ1n) is 9.38. The van der Waals surface area contributed by atoms with Gasteiger partial charge in [-0.25, -0.2) is 4.98 Å². The molecule has 4 rings (SSSR count). The highest BCUT2D eigenvalue weighted by molar-refractivity contribution is 5.90. The molecule has 10 nitrogen and oxygen atoms in total. The van der Waals surface area contributed by atoms with E-state index in [9.17, 15) is 23.2 Å². The van der Waals surface area contributed by atoms with Crippen LogP contribution in [0.15, 0.2) is 8.83 Å². The van der Waals surface area contributed by atoms with E-state index in [1.54, 1.807) is 0 Å². The molecule has 2 aromatic rings. The average Bonchev–Trinajstić information content (AvgIpc) is 3.30. The van der Waals surface area contributed by atoms with E-state index in [0.717, 1.165) is 12.8 Å². The van der Waals surface area contributed by atoms with Crippen molar-refractivity contribution in [3.05, 3.63) is 17.5 Å². The summed E-state index contributed by atoms with van der Waals surface area (Å²) < 4.78 is 47.5. The molecule has 0 radical (unpaired) electrons. The summed E-state index contributed by atoms with van der Waals surface area (Å²) in [5.74, 6) is 0.285. The maximum absolute atomic E-state index is 12.3. The van der Waals surface area contributed by atoms with Gasteiger partial charge in [0.1, 0.15) is 12.5 Å². The fourth-order valence-corrected chi connectivity index (χ4v) is 3.14. The molecule has 1 saturated heterocycles. The van der Waals surface area contributed by atoms with Crippen molar-refractivity contribution in [1.29, 1.82) is 5.26 Å². The minimum Gasteiger partial charge on any atom is -0.423 e. The highest BCUT2D eigenvalue weighted by Crippen LogP contribution is 2.41. The number of rotatable bonds is 6. The van der Waals surface area contributed by atoms with Gasteiger partial charge in [0.25, 0.3) is 0 Å². The van der Waals surface area contributed by atoms with E-state index in [2.05, 4.69) is 26.6 Å². The van der Waals surface area contributed by atoms with E-state index in [1.807, 2.05) is 9.80 Å². The molecule has 1 aliphatic heterocycles. The molecule has 1 N–H and O–H groups in total. The van der Waals surface area contributed by atoms with Crippen molar-refractivity contribution in [2.24, 2.45) is 0 Å². The molecular weight excluding hydrogens is 407 g/mol. The van der Waals surface area contributed by atoms with Crippen LogP contribution < -0.4 is 10.2 Å². The van der Waals surface area contributed by atoms with Crippen molar-refractivity contribution in [3.63, 3.8) is 0 Å². The Labute approximate surface area is 168 Å². The van der Waals surface area contributed by atoms with Gasteiger partial charge in [-0.05, 0) is 12.8 Å². The molecular formula is C17H18F3N7O3. The van der Waals surface area contributed by atoms with Gasteiger partial charge in [0, 0.05) is 32.1 Å². The van der Waals surface area contributed by atoms with Crippen LogP contribution >= 0.6 is 0 Å². The van der Waals surface area contributed by atoms with Crippen molar-refractivity contribution in [3.8, 4) is 6.07 Å². The number of oxazole rings is 1. The number of hydrogen-bond donors (Lipinski definition) is 1. The summed E-state index contributed by atoms with van der Waals surface area (Å²) in [6, 6.07) is 1.70. The lowest BCUT2D eigenvalue weighted by Crippen LogP contribution is -2.48. The normalized spacial score (nSPS) is 17.7. The van der Waals surface area contributed by atoms with Crippen molar-refractivity contribution >= 4 is 17.8 Å². The quantitative estimate of drug-likeness (QED) is 0.736. The Hall–Kier alpha value is -3.14. The molecule has 1 saturated carbocycles. The topological polar surface area (TPSA) is 124 Å². The first kappa shape index (κ1) is 20.1. The molecule has 2 fully saturated rings.